The zero-order chi connectivity index (χ0) is 19.1. The van der Waals surface area contributed by atoms with E-state index in [0.29, 0.717) is 17.9 Å². The molecule has 0 radical (unpaired) electrons. The maximum atomic E-state index is 12.5. The first-order chi connectivity index (χ1) is 12.5. The predicted octanol–water partition coefficient (Wildman–Crippen LogP) is 3.13. The van der Waals surface area contributed by atoms with E-state index in [4.69, 9.17) is 10.5 Å². The second kappa shape index (κ2) is 8.96. The van der Waals surface area contributed by atoms with Crippen LogP contribution in [-0.2, 0) is 0 Å². The summed E-state index contributed by atoms with van der Waals surface area (Å²) in [5.74, 6) is 0.375. The standard InChI is InChI=1S/C19H23N3O4/c1-3-21(4-2)11-12-26-16-8-5-14(6-9-16)19(23)15-7-10-17(20)18(13-15)22(24)25/h5-10,13H,3-4,11-12,20H2,1-2H3. The molecule has 2 N–H and O–H groups in total. The van der Waals surface area contributed by atoms with Gasteiger partial charge in [-0.1, -0.05) is 13.8 Å². The molecule has 0 aliphatic carbocycles. The number of hydrogen-bond donors (Lipinski definition) is 1. The number of nitrogen functional groups attached to an aromatic ring is 1. The van der Waals surface area contributed by atoms with Crippen LogP contribution >= 0.6 is 0 Å². The highest BCUT2D eigenvalue weighted by Gasteiger charge is 2.17. The lowest BCUT2D eigenvalue weighted by atomic mass is 10.0. The number of rotatable bonds is 9. The molecule has 0 saturated carbocycles. The number of anilines is 1. The number of ether oxygens (including phenoxy) is 1. The van der Waals surface area contributed by atoms with Crippen molar-refractivity contribution in [2.75, 3.05) is 32.0 Å². The smallest absolute Gasteiger partial charge is 0.292 e. The molecule has 0 amide bonds. The van der Waals surface area contributed by atoms with Crippen molar-refractivity contribution in [1.29, 1.82) is 0 Å². The molecule has 0 bridgehead atoms. The molecule has 2 aromatic rings. The van der Waals surface area contributed by atoms with E-state index in [1.54, 1.807) is 24.3 Å². The Labute approximate surface area is 152 Å². The van der Waals surface area contributed by atoms with E-state index < -0.39 is 4.92 Å². The second-order valence-electron chi connectivity index (χ2n) is 5.76. The molecule has 0 saturated heterocycles. The van der Waals surface area contributed by atoms with Crippen LogP contribution < -0.4 is 10.5 Å². The van der Waals surface area contributed by atoms with Crippen LogP contribution in [0.1, 0.15) is 29.8 Å². The normalized spacial score (nSPS) is 10.7. The van der Waals surface area contributed by atoms with Gasteiger partial charge >= 0.3 is 0 Å². The number of carbonyl (C=O) groups excluding carboxylic acids is 1. The minimum Gasteiger partial charge on any atom is -0.492 e. The number of nitro benzene ring substituents is 1. The number of hydrogen-bond acceptors (Lipinski definition) is 6. The lowest BCUT2D eigenvalue weighted by Crippen LogP contribution is -2.27. The van der Waals surface area contributed by atoms with Crippen LogP contribution in [0.5, 0.6) is 5.75 Å². The number of likely N-dealkylation sites (N-methyl/N-ethyl adjacent to an activating group) is 1. The summed E-state index contributed by atoms with van der Waals surface area (Å²) in [6.45, 7) is 7.56. The van der Waals surface area contributed by atoms with E-state index in [-0.39, 0.29) is 22.7 Å². The minimum atomic E-state index is -0.598. The molecular weight excluding hydrogens is 334 g/mol. The van der Waals surface area contributed by atoms with Crippen molar-refractivity contribution in [1.82, 2.24) is 4.90 Å². The largest absolute Gasteiger partial charge is 0.492 e. The molecule has 0 aromatic heterocycles. The third-order valence-electron chi connectivity index (χ3n) is 4.18. The first-order valence-corrected chi connectivity index (χ1v) is 8.50. The summed E-state index contributed by atoms with van der Waals surface area (Å²) in [6, 6.07) is 10.8. The molecule has 0 fully saturated rings. The average molecular weight is 357 g/mol. The maximum Gasteiger partial charge on any atom is 0.292 e. The quantitative estimate of drug-likeness (QED) is 0.320. The van der Waals surface area contributed by atoms with Crippen molar-refractivity contribution in [2.24, 2.45) is 0 Å². The van der Waals surface area contributed by atoms with E-state index in [9.17, 15) is 14.9 Å². The van der Waals surface area contributed by atoms with Gasteiger partial charge in [-0.15, -0.1) is 0 Å². The molecule has 0 atom stereocenters. The van der Waals surface area contributed by atoms with Crippen molar-refractivity contribution >= 4 is 17.2 Å². The van der Waals surface area contributed by atoms with Gasteiger partial charge < -0.3 is 15.4 Å². The minimum absolute atomic E-state index is 0.0310. The van der Waals surface area contributed by atoms with Crippen LogP contribution in [0, 0.1) is 10.1 Å². The average Bonchev–Trinajstić information content (AvgIpc) is 2.65. The third-order valence-corrected chi connectivity index (χ3v) is 4.18. The monoisotopic (exact) mass is 357 g/mol. The summed E-state index contributed by atoms with van der Waals surface area (Å²) in [7, 11) is 0. The number of nitrogens with zero attached hydrogens (tertiary/aromatic N) is 2. The van der Waals surface area contributed by atoms with E-state index in [1.165, 1.54) is 18.2 Å². The molecule has 0 heterocycles. The van der Waals surface area contributed by atoms with Gasteiger partial charge in [0.1, 0.15) is 18.0 Å². The fraction of sp³-hybridized carbons (Fsp3) is 0.316. The zero-order valence-electron chi connectivity index (χ0n) is 15.0. The Balaban J connectivity index is 2.05. The number of nitrogens with two attached hydrogens (primary N) is 1. The molecule has 0 unspecified atom stereocenters. The second-order valence-corrected chi connectivity index (χ2v) is 5.76. The van der Waals surface area contributed by atoms with Gasteiger partial charge in [0.05, 0.1) is 4.92 Å². The Kier molecular flexibility index (Phi) is 6.68. The van der Waals surface area contributed by atoms with E-state index >= 15 is 0 Å². The van der Waals surface area contributed by atoms with Crippen LogP contribution in [0.2, 0.25) is 0 Å². The number of nitro groups is 1. The summed E-state index contributed by atoms with van der Waals surface area (Å²) in [5.41, 5.74) is 5.98. The molecule has 26 heavy (non-hydrogen) atoms. The number of ketones is 1. The van der Waals surface area contributed by atoms with Crippen molar-refractivity contribution in [3.8, 4) is 5.75 Å². The lowest BCUT2D eigenvalue weighted by Gasteiger charge is -2.18. The highest BCUT2D eigenvalue weighted by Crippen LogP contribution is 2.24. The molecule has 0 spiro atoms. The fourth-order valence-corrected chi connectivity index (χ4v) is 2.54. The topological polar surface area (TPSA) is 98.7 Å². The van der Waals surface area contributed by atoms with Crippen molar-refractivity contribution in [3.05, 3.63) is 63.7 Å². The summed E-state index contributed by atoms with van der Waals surface area (Å²) in [6.07, 6.45) is 0. The highest BCUT2D eigenvalue weighted by molar-refractivity contribution is 6.09. The summed E-state index contributed by atoms with van der Waals surface area (Å²) in [4.78, 5) is 25.1. The van der Waals surface area contributed by atoms with Gasteiger partial charge in [0, 0.05) is 23.7 Å². The van der Waals surface area contributed by atoms with Gasteiger partial charge in [0.2, 0.25) is 0 Å². The van der Waals surface area contributed by atoms with Gasteiger partial charge in [-0.3, -0.25) is 14.9 Å². The molecular formula is C19H23N3O4. The Morgan fingerprint density at radius 3 is 2.31 bits per heavy atom. The van der Waals surface area contributed by atoms with Gasteiger partial charge in [-0.05, 0) is 49.5 Å². The van der Waals surface area contributed by atoms with E-state index in [1.807, 2.05) is 0 Å². The fourth-order valence-electron chi connectivity index (χ4n) is 2.54. The summed E-state index contributed by atoms with van der Waals surface area (Å²) in [5, 5.41) is 11.0. The van der Waals surface area contributed by atoms with Gasteiger partial charge in [0.25, 0.3) is 5.69 Å². The molecule has 7 heteroatoms. The Hall–Kier alpha value is -2.93. The SMILES string of the molecule is CCN(CC)CCOc1ccc(C(=O)c2ccc(N)c([N+](=O)[O-])c2)cc1. The predicted molar refractivity (Wildman–Crippen MR) is 101 cm³/mol. The van der Waals surface area contributed by atoms with E-state index in [2.05, 4.69) is 18.7 Å². The van der Waals surface area contributed by atoms with Gasteiger partial charge in [0.15, 0.2) is 5.78 Å². The van der Waals surface area contributed by atoms with Crippen LogP contribution in [0.25, 0.3) is 0 Å². The maximum absolute atomic E-state index is 12.5. The van der Waals surface area contributed by atoms with Crippen LogP contribution in [0.15, 0.2) is 42.5 Å². The lowest BCUT2D eigenvalue weighted by molar-refractivity contribution is -0.383. The first kappa shape index (κ1) is 19.4. The van der Waals surface area contributed by atoms with Gasteiger partial charge in [-0.25, -0.2) is 0 Å². The zero-order valence-corrected chi connectivity index (χ0v) is 15.0. The highest BCUT2D eigenvalue weighted by atomic mass is 16.6. The Morgan fingerprint density at radius 1 is 1.12 bits per heavy atom. The van der Waals surface area contributed by atoms with Crippen LogP contribution in [0.3, 0.4) is 0 Å². The summed E-state index contributed by atoms with van der Waals surface area (Å²) >= 11 is 0. The molecule has 2 aromatic carbocycles. The van der Waals surface area contributed by atoms with E-state index in [0.717, 1.165) is 19.6 Å². The van der Waals surface area contributed by atoms with Gasteiger partial charge in [-0.2, -0.15) is 0 Å². The third kappa shape index (κ3) is 4.80. The Morgan fingerprint density at radius 2 is 1.73 bits per heavy atom. The van der Waals surface area contributed by atoms with Crippen molar-refractivity contribution in [2.45, 2.75) is 13.8 Å². The molecule has 138 valence electrons. The Bertz CT molecular complexity index is 771. The molecule has 2 rings (SSSR count). The van der Waals surface area contributed by atoms with Crippen molar-refractivity contribution in [3.63, 3.8) is 0 Å². The first-order valence-electron chi connectivity index (χ1n) is 8.50. The number of benzene rings is 2. The molecule has 7 nitrogen and oxygen atoms in total. The van der Waals surface area contributed by atoms with Crippen molar-refractivity contribution < 1.29 is 14.5 Å². The molecule has 0 aliphatic heterocycles. The molecule has 0 aliphatic rings. The summed E-state index contributed by atoms with van der Waals surface area (Å²) < 4.78 is 5.69. The number of carbonyl (C=O) groups is 1. The van der Waals surface area contributed by atoms with Crippen LogP contribution in [-0.4, -0.2) is 41.8 Å². The van der Waals surface area contributed by atoms with Crippen LogP contribution in [0.4, 0.5) is 11.4 Å².